The van der Waals surface area contributed by atoms with Crippen molar-refractivity contribution in [3.05, 3.63) is 29.8 Å². The topological polar surface area (TPSA) is 76.0 Å². The highest BCUT2D eigenvalue weighted by Gasteiger charge is 2.30. The zero-order chi connectivity index (χ0) is 17.5. The molecule has 5 nitrogen and oxygen atoms in total. The van der Waals surface area contributed by atoms with Crippen LogP contribution in [-0.4, -0.2) is 40.6 Å². The third-order valence-corrected chi connectivity index (χ3v) is 4.44. The SMILES string of the molecule is CCCC(C[C@H]1CC(O)CC(CC)O1)OC(=O)c1ccccc1O. The minimum Gasteiger partial charge on any atom is -0.507 e. The predicted molar refractivity (Wildman–Crippen MR) is 91.0 cm³/mol. The number of phenolic OH excluding ortho intramolecular Hbond substituents is 1. The van der Waals surface area contributed by atoms with E-state index in [1.54, 1.807) is 18.2 Å². The number of ether oxygens (including phenoxy) is 2. The highest BCUT2D eigenvalue weighted by Crippen LogP contribution is 2.27. The first-order valence-corrected chi connectivity index (χ1v) is 8.85. The Bertz CT molecular complexity index is 530. The molecule has 1 aromatic carbocycles. The summed E-state index contributed by atoms with van der Waals surface area (Å²) in [7, 11) is 0. The molecular weight excluding hydrogens is 308 g/mol. The molecule has 1 saturated heterocycles. The van der Waals surface area contributed by atoms with E-state index in [0.29, 0.717) is 19.3 Å². The maximum Gasteiger partial charge on any atom is 0.342 e. The van der Waals surface area contributed by atoms with Gasteiger partial charge < -0.3 is 19.7 Å². The molecule has 0 aliphatic carbocycles. The van der Waals surface area contributed by atoms with Gasteiger partial charge in [-0.15, -0.1) is 0 Å². The van der Waals surface area contributed by atoms with Crippen molar-refractivity contribution in [3.63, 3.8) is 0 Å². The number of hydrogen-bond acceptors (Lipinski definition) is 5. The summed E-state index contributed by atoms with van der Waals surface area (Å²) in [5.41, 5.74) is 0.176. The second-order valence-corrected chi connectivity index (χ2v) is 6.48. The Morgan fingerprint density at radius 2 is 2.00 bits per heavy atom. The molecule has 1 heterocycles. The molecule has 0 radical (unpaired) electrons. The molecule has 5 heteroatoms. The molecule has 24 heavy (non-hydrogen) atoms. The summed E-state index contributed by atoms with van der Waals surface area (Å²) < 4.78 is 11.6. The minimum absolute atomic E-state index is 0.0647. The van der Waals surface area contributed by atoms with Crippen LogP contribution in [0.3, 0.4) is 0 Å². The summed E-state index contributed by atoms with van der Waals surface area (Å²) >= 11 is 0. The van der Waals surface area contributed by atoms with Gasteiger partial charge in [0.1, 0.15) is 17.4 Å². The van der Waals surface area contributed by atoms with Crippen molar-refractivity contribution in [2.24, 2.45) is 0 Å². The number of para-hydroxylation sites is 1. The van der Waals surface area contributed by atoms with Crippen LogP contribution in [0, 0.1) is 0 Å². The maximum absolute atomic E-state index is 12.3. The number of aromatic hydroxyl groups is 1. The number of hydrogen-bond donors (Lipinski definition) is 2. The minimum atomic E-state index is -0.519. The lowest BCUT2D eigenvalue weighted by molar-refractivity contribution is -0.110. The number of esters is 1. The predicted octanol–water partition coefficient (Wildman–Crippen LogP) is 3.43. The van der Waals surface area contributed by atoms with Crippen LogP contribution in [0.1, 0.15) is 62.7 Å². The molecule has 1 aliphatic heterocycles. The number of carbonyl (C=O) groups excluding carboxylic acids is 1. The van der Waals surface area contributed by atoms with E-state index in [1.165, 1.54) is 6.07 Å². The number of carbonyl (C=O) groups is 1. The van der Waals surface area contributed by atoms with E-state index in [9.17, 15) is 15.0 Å². The fourth-order valence-electron chi connectivity index (χ4n) is 3.20. The van der Waals surface area contributed by atoms with Gasteiger partial charge in [-0.05, 0) is 37.8 Å². The van der Waals surface area contributed by atoms with Crippen LogP contribution in [0.5, 0.6) is 5.75 Å². The summed E-state index contributed by atoms with van der Waals surface area (Å²) in [5.74, 6) is -0.594. The Morgan fingerprint density at radius 1 is 1.29 bits per heavy atom. The molecule has 4 atom stereocenters. The van der Waals surface area contributed by atoms with Crippen molar-refractivity contribution in [2.75, 3.05) is 0 Å². The standard InChI is InChI=1S/C19H28O5/c1-3-7-15(12-16-11-13(20)10-14(4-2)23-16)24-19(22)17-8-5-6-9-18(17)21/h5-6,8-9,13-16,20-21H,3-4,7,10-12H2,1-2H3/t13?,14?,15?,16-/m1/s1. The van der Waals surface area contributed by atoms with Crippen molar-refractivity contribution >= 4 is 5.97 Å². The highest BCUT2D eigenvalue weighted by molar-refractivity contribution is 5.92. The molecule has 2 N–H and O–H groups in total. The van der Waals surface area contributed by atoms with Gasteiger partial charge in [0.2, 0.25) is 0 Å². The van der Waals surface area contributed by atoms with E-state index in [4.69, 9.17) is 9.47 Å². The molecule has 0 saturated carbocycles. The number of aliphatic hydroxyl groups is 1. The summed E-state index contributed by atoms with van der Waals surface area (Å²) in [6.07, 6.45) is 3.61. The van der Waals surface area contributed by atoms with Gasteiger partial charge in [0.25, 0.3) is 0 Å². The van der Waals surface area contributed by atoms with Gasteiger partial charge in [0, 0.05) is 6.42 Å². The fraction of sp³-hybridized carbons (Fsp3) is 0.632. The van der Waals surface area contributed by atoms with Crippen LogP contribution in [0.4, 0.5) is 0 Å². The fourth-order valence-corrected chi connectivity index (χ4v) is 3.20. The van der Waals surface area contributed by atoms with Gasteiger partial charge >= 0.3 is 5.97 Å². The van der Waals surface area contributed by atoms with Crippen molar-refractivity contribution in [1.29, 1.82) is 0 Å². The molecule has 1 aromatic rings. The summed E-state index contributed by atoms with van der Waals surface area (Å²) in [6.45, 7) is 4.08. The Morgan fingerprint density at radius 3 is 2.67 bits per heavy atom. The smallest absolute Gasteiger partial charge is 0.342 e. The highest BCUT2D eigenvalue weighted by atomic mass is 16.5. The first-order valence-electron chi connectivity index (χ1n) is 8.85. The van der Waals surface area contributed by atoms with Crippen molar-refractivity contribution in [2.45, 2.75) is 76.8 Å². The van der Waals surface area contributed by atoms with Gasteiger partial charge in [0.15, 0.2) is 0 Å². The molecule has 3 unspecified atom stereocenters. The zero-order valence-corrected chi connectivity index (χ0v) is 14.5. The lowest BCUT2D eigenvalue weighted by atomic mass is 9.95. The van der Waals surface area contributed by atoms with E-state index < -0.39 is 5.97 Å². The molecule has 1 aliphatic rings. The summed E-state index contributed by atoms with van der Waals surface area (Å²) in [4.78, 5) is 12.3. The van der Waals surface area contributed by atoms with E-state index in [0.717, 1.165) is 19.3 Å². The van der Waals surface area contributed by atoms with Crippen LogP contribution < -0.4 is 0 Å². The Kier molecular flexibility index (Phi) is 7.06. The largest absolute Gasteiger partial charge is 0.507 e. The van der Waals surface area contributed by atoms with Gasteiger partial charge in [-0.2, -0.15) is 0 Å². The molecular formula is C19H28O5. The number of phenols is 1. The second kappa shape index (κ2) is 9.04. The molecule has 2 rings (SSSR count). The van der Waals surface area contributed by atoms with Gasteiger partial charge in [-0.1, -0.05) is 32.4 Å². The average molecular weight is 336 g/mol. The van der Waals surface area contributed by atoms with Crippen LogP contribution in [0.25, 0.3) is 0 Å². The molecule has 0 spiro atoms. The third kappa shape index (κ3) is 5.21. The molecule has 134 valence electrons. The Hall–Kier alpha value is -1.59. The normalized spacial score (nSPS) is 25.2. The average Bonchev–Trinajstić information content (AvgIpc) is 2.54. The van der Waals surface area contributed by atoms with E-state index in [1.807, 2.05) is 13.8 Å². The van der Waals surface area contributed by atoms with E-state index in [2.05, 4.69) is 0 Å². The van der Waals surface area contributed by atoms with Crippen LogP contribution in [0.15, 0.2) is 24.3 Å². The number of aliphatic hydroxyl groups excluding tert-OH is 1. The summed E-state index contributed by atoms with van der Waals surface area (Å²) in [6, 6.07) is 6.38. The lowest BCUT2D eigenvalue weighted by Gasteiger charge is -2.34. The lowest BCUT2D eigenvalue weighted by Crippen LogP contribution is -2.38. The van der Waals surface area contributed by atoms with E-state index in [-0.39, 0.29) is 35.7 Å². The van der Waals surface area contributed by atoms with Crippen molar-refractivity contribution in [1.82, 2.24) is 0 Å². The zero-order valence-electron chi connectivity index (χ0n) is 14.5. The van der Waals surface area contributed by atoms with Crippen LogP contribution in [0.2, 0.25) is 0 Å². The Balaban J connectivity index is 1.98. The summed E-state index contributed by atoms with van der Waals surface area (Å²) in [5, 5.41) is 19.8. The first kappa shape index (κ1) is 18.7. The van der Waals surface area contributed by atoms with Crippen molar-refractivity contribution < 1.29 is 24.5 Å². The number of benzene rings is 1. The molecule has 0 amide bonds. The molecule has 0 aromatic heterocycles. The molecule has 0 bridgehead atoms. The monoisotopic (exact) mass is 336 g/mol. The quantitative estimate of drug-likeness (QED) is 0.746. The van der Waals surface area contributed by atoms with Crippen LogP contribution >= 0.6 is 0 Å². The van der Waals surface area contributed by atoms with Gasteiger partial charge in [-0.25, -0.2) is 4.79 Å². The maximum atomic E-state index is 12.3. The Labute approximate surface area is 143 Å². The molecule has 1 fully saturated rings. The van der Waals surface area contributed by atoms with Gasteiger partial charge in [-0.3, -0.25) is 0 Å². The van der Waals surface area contributed by atoms with E-state index >= 15 is 0 Å². The van der Waals surface area contributed by atoms with Gasteiger partial charge in [0.05, 0.1) is 18.3 Å². The second-order valence-electron chi connectivity index (χ2n) is 6.48. The first-order chi connectivity index (χ1) is 11.5. The number of rotatable bonds is 7. The third-order valence-electron chi connectivity index (χ3n) is 4.44. The van der Waals surface area contributed by atoms with Crippen LogP contribution in [-0.2, 0) is 9.47 Å². The van der Waals surface area contributed by atoms with Crippen molar-refractivity contribution in [3.8, 4) is 5.75 Å².